The zero-order valence-electron chi connectivity index (χ0n) is 24.7. The highest BCUT2D eigenvalue weighted by Crippen LogP contribution is 2.55. The Morgan fingerprint density at radius 1 is 1.18 bits per heavy atom. The average molecular weight is 562 g/mol. The van der Waals surface area contributed by atoms with E-state index in [-0.39, 0.29) is 26.2 Å². The Morgan fingerprint density at radius 2 is 1.90 bits per heavy atom. The topological polar surface area (TPSA) is 85.3 Å². The molecule has 1 N–H and O–H groups in total. The van der Waals surface area contributed by atoms with E-state index in [1.807, 2.05) is 11.9 Å². The maximum atomic E-state index is 13.3. The number of allylic oxidation sites excluding steroid dienone is 4. The molecule has 0 spiro atoms. The largest absolute Gasteiger partial charge is 0.465 e. The number of aliphatic hydroxyl groups is 1. The van der Waals surface area contributed by atoms with Crippen molar-refractivity contribution in [3.8, 4) is 0 Å². The van der Waals surface area contributed by atoms with Crippen molar-refractivity contribution >= 4 is 19.6 Å². The molecule has 1 aliphatic rings. The Labute approximate surface area is 235 Å². The molecule has 0 saturated carbocycles. The Kier molecular flexibility index (Phi) is 14.4. The summed E-state index contributed by atoms with van der Waals surface area (Å²) in [7, 11) is -1.85. The van der Waals surface area contributed by atoms with Crippen molar-refractivity contribution in [1.82, 2.24) is 4.90 Å². The van der Waals surface area contributed by atoms with Crippen molar-refractivity contribution < 1.29 is 28.3 Å². The minimum Gasteiger partial charge on any atom is -0.465 e. The summed E-state index contributed by atoms with van der Waals surface area (Å²) < 4.78 is 29.2. The molecule has 8 heteroatoms. The number of fused-ring (bicyclic) bond motifs is 1. The van der Waals surface area contributed by atoms with Crippen LogP contribution in [0.5, 0.6) is 0 Å². The lowest BCUT2D eigenvalue weighted by atomic mass is 10.00. The zero-order valence-corrected chi connectivity index (χ0v) is 25.5. The normalized spacial score (nSPS) is 15.5. The molecular formula is C31H48NO6P. The van der Waals surface area contributed by atoms with Gasteiger partial charge in [-0.3, -0.25) is 9.36 Å². The summed E-state index contributed by atoms with van der Waals surface area (Å²) in [6.07, 6.45) is 12.1. The van der Waals surface area contributed by atoms with E-state index in [9.17, 15) is 14.5 Å². The molecule has 1 aromatic carbocycles. The van der Waals surface area contributed by atoms with E-state index in [0.29, 0.717) is 13.1 Å². The van der Waals surface area contributed by atoms with Crippen LogP contribution in [0.25, 0.3) is 6.08 Å². The highest BCUT2D eigenvalue weighted by Gasteiger charge is 2.43. The second-order valence-electron chi connectivity index (χ2n) is 10.2. The molecule has 0 aliphatic heterocycles. The maximum Gasteiger partial charge on any atom is 0.344 e. The fourth-order valence-electron chi connectivity index (χ4n) is 4.70. The van der Waals surface area contributed by atoms with E-state index in [2.05, 4.69) is 56.4 Å². The lowest BCUT2D eigenvalue weighted by molar-refractivity contribution is -0.143. The molecule has 0 radical (unpaired) electrons. The van der Waals surface area contributed by atoms with Crippen molar-refractivity contribution in [2.45, 2.75) is 78.5 Å². The Hall–Kier alpha value is -2.02. The first-order valence-corrected chi connectivity index (χ1v) is 15.8. The quantitative estimate of drug-likeness (QED) is 0.132. The predicted octanol–water partition coefficient (Wildman–Crippen LogP) is 6.49. The molecule has 0 fully saturated rings. The first-order chi connectivity index (χ1) is 18.6. The van der Waals surface area contributed by atoms with Gasteiger partial charge in [-0.05, 0) is 90.5 Å². The third kappa shape index (κ3) is 11.2. The zero-order chi connectivity index (χ0) is 28.8. The molecular weight excluding hydrogens is 513 g/mol. The summed E-state index contributed by atoms with van der Waals surface area (Å²) in [5.74, 6) is -0.669. The number of aliphatic hydroxyl groups excluding tert-OH is 1. The molecule has 2 atom stereocenters. The molecule has 0 amide bonds. The van der Waals surface area contributed by atoms with Crippen molar-refractivity contribution in [2.75, 3.05) is 40.0 Å². The third-order valence-electron chi connectivity index (χ3n) is 6.68. The van der Waals surface area contributed by atoms with Crippen molar-refractivity contribution in [3.63, 3.8) is 0 Å². The molecule has 1 aromatic rings. The highest BCUT2D eigenvalue weighted by atomic mass is 31.2. The molecule has 39 heavy (non-hydrogen) atoms. The van der Waals surface area contributed by atoms with Gasteiger partial charge in [0.2, 0.25) is 0 Å². The summed E-state index contributed by atoms with van der Waals surface area (Å²) in [6, 6.07) is 6.66. The summed E-state index contributed by atoms with van der Waals surface area (Å²) >= 11 is 0. The van der Waals surface area contributed by atoms with Crippen molar-refractivity contribution in [3.05, 3.63) is 64.3 Å². The average Bonchev–Trinajstić information content (AvgIpc) is 3.07. The number of nitrogens with zero attached hydrogens (tertiary/aromatic N) is 1. The van der Waals surface area contributed by atoms with Crippen LogP contribution in [0.1, 0.15) is 70.1 Å². The van der Waals surface area contributed by atoms with Crippen molar-refractivity contribution in [2.24, 2.45) is 0 Å². The second kappa shape index (κ2) is 16.9. The number of rotatable bonds is 17. The van der Waals surface area contributed by atoms with Gasteiger partial charge in [-0.2, -0.15) is 0 Å². The summed E-state index contributed by atoms with van der Waals surface area (Å²) in [5, 5.41) is 10.8. The number of aryl methyl sites for hydroxylation is 1. The van der Waals surface area contributed by atoms with Gasteiger partial charge >= 0.3 is 13.6 Å². The first kappa shape index (κ1) is 33.2. The third-order valence-corrected chi connectivity index (χ3v) is 9.10. The van der Waals surface area contributed by atoms with Crippen LogP contribution in [0.2, 0.25) is 0 Å². The molecule has 0 saturated heterocycles. The Morgan fingerprint density at radius 3 is 2.56 bits per heavy atom. The molecule has 2 unspecified atom stereocenters. The minimum atomic E-state index is -3.77. The lowest BCUT2D eigenvalue weighted by Crippen LogP contribution is -2.35. The molecule has 218 valence electrons. The predicted molar refractivity (Wildman–Crippen MR) is 159 cm³/mol. The van der Waals surface area contributed by atoms with Gasteiger partial charge in [0.25, 0.3) is 0 Å². The van der Waals surface area contributed by atoms with E-state index < -0.39 is 25.3 Å². The van der Waals surface area contributed by atoms with Gasteiger partial charge in [0.05, 0.1) is 25.9 Å². The van der Waals surface area contributed by atoms with Crippen LogP contribution in [-0.2, 0) is 29.6 Å². The van der Waals surface area contributed by atoms with Gasteiger partial charge in [0.1, 0.15) is 0 Å². The van der Waals surface area contributed by atoms with E-state index in [0.717, 1.165) is 25.7 Å². The van der Waals surface area contributed by atoms with Crippen LogP contribution in [0.15, 0.2) is 47.6 Å². The molecule has 1 aliphatic carbocycles. The SMILES string of the molecule is CCOC(=O)C(CC(O)CN(C)C/C=C(\C)CCCC1=Cc2cc(C)ccc2CC=C1)P(=O)(OCC)OCC. The van der Waals surface area contributed by atoms with Crippen LogP contribution in [0.3, 0.4) is 0 Å². The minimum absolute atomic E-state index is 0.0611. The lowest BCUT2D eigenvalue weighted by Gasteiger charge is -2.27. The van der Waals surface area contributed by atoms with E-state index in [1.54, 1.807) is 20.8 Å². The van der Waals surface area contributed by atoms with E-state index in [1.165, 1.54) is 27.8 Å². The van der Waals surface area contributed by atoms with E-state index in [4.69, 9.17) is 13.8 Å². The molecule has 0 heterocycles. The van der Waals surface area contributed by atoms with Crippen molar-refractivity contribution in [1.29, 1.82) is 0 Å². The number of benzene rings is 1. The van der Waals surface area contributed by atoms with Gasteiger partial charge in [0, 0.05) is 13.1 Å². The van der Waals surface area contributed by atoms with Crippen LogP contribution in [0, 0.1) is 6.92 Å². The highest BCUT2D eigenvalue weighted by molar-refractivity contribution is 7.55. The van der Waals surface area contributed by atoms with E-state index >= 15 is 0 Å². The molecule has 0 aromatic heterocycles. The van der Waals surface area contributed by atoms with Gasteiger partial charge in [-0.1, -0.05) is 53.6 Å². The van der Waals surface area contributed by atoms with Gasteiger partial charge in [-0.25, -0.2) is 0 Å². The number of hydrogen-bond donors (Lipinski definition) is 1. The maximum absolute atomic E-state index is 13.3. The summed E-state index contributed by atoms with van der Waals surface area (Å²) in [6.45, 7) is 10.7. The fourth-order valence-corrected chi connectivity index (χ4v) is 6.69. The molecule has 0 bridgehead atoms. The van der Waals surface area contributed by atoms with Crippen LogP contribution in [-0.4, -0.2) is 67.7 Å². The van der Waals surface area contributed by atoms with Gasteiger partial charge in [0.15, 0.2) is 5.66 Å². The number of carbonyl (C=O) groups is 1. The number of hydrogen-bond acceptors (Lipinski definition) is 7. The summed E-state index contributed by atoms with van der Waals surface area (Å²) in [4.78, 5) is 14.6. The Bertz CT molecular complexity index is 1050. The monoisotopic (exact) mass is 561 g/mol. The van der Waals surface area contributed by atoms with Crippen LogP contribution >= 0.6 is 7.60 Å². The number of likely N-dealkylation sites (N-methyl/N-ethyl adjacent to an activating group) is 1. The molecule has 7 nitrogen and oxygen atoms in total. The second-order valence-corrected chi connectivity index (χ2v) is 12.4. The smallest absolute Gasteiger partial charge is 0.344 e. The van der Waals surface area contributed by atoms with Crippen LogP contribution in [0.4, 0.5) is 0 Å². The number of ether oxygens (including phenoxy) is 1. The van der Waals surface area contributed by atoms with Gasteiger partial charge in [-0.15, -0.1) is 0 Å². The summed E-state index contributed by atoms with van der Waals surface area (Å²) in [5.41, 5.74) is 5.48. The standard InChI is InChI=1S/C31H48NO6P/c1-7-36-31(34)30(39(35,37-8-2)38-9-3)22-29(33)23-32(6)19-18-24(4)12-10-13-26-14-11-15-27-17-16-25(5)20-28(27)21-26/h11,14,16-18,20-21,29-30,33H,7-10,12-13,15,19,22-23H2,1-6H3/b24-18+. The van der Waals surface area contributed by atoms with Crippen LogP contribution < -0.4 is 0 Å². The number of esters is 1. The first-order valence-electron chi connectivity index (χ1n) is 14.2. The fraction of sp³-hybridized carbons (Fsp3) is 0.581. The molecule has 2 rings (SSSR count). The Balaban J connectivity index is 1.88. The van der Waals surface area contributed by atoms with Gasteiger partial charge < -0.3 is 23.8 Å². The number of carbonyl (C=O) groups excluding carboxylic acids is 1.